The average Bonchev–Trinajstić information content (AvgIpc) is 4.21. The van der Waals surface area contributed by atoms with Crippen molar-refractivity contribution < 1.29 is 10.2 Å². The SMILES string of the molecule is CC(C)(O)[C@@H]1CCN(c2cc(-n3ncc4ccc([C@]5(C#N)CC56CC6)cc43)ncn2)C1.CC(C)(O)[C@@H]1CCN(c2cc(Cl)ncn2)C1.N#C[C@@]1(c2ccc3cn[nH]c3c2)CC12CC2. The number of nitrogens with one attached hydrogen (secondary N) is 1. The van der Waals surface area contributed by atoms with Crippen LogP contribution in [0.25, 0.3) is 27.6 Å². The highest BCUT2D eigenvalue weighted by Crippen LogP contribution is 2.79. The summed E-state index contributed by atoms with van der Waals surface area (Å²) in [5.74, 6) is 2.90. The number of hydrogen-bond acceptors (Lipinski definition) is 12. The summed E-state index contributed by atoms with van der Waals surface area (Å²) in [6.45, 7) is 10.8. The third-order valence-electron chi connectivity index (χ3n) is 15.4. The van der Waals surface area contributed by atoms with Crippen molar-refractivity contribution in [2.75, 3.05) is 36.0 Å². The number of aliphatic hydroxyl groups is 2. The number of H-pyrrole nitrogens is 1. The van der Waals surface area contributed by atoms with E-state index in [4.69, 9.17) is 11.6 Å². The third kappa shape index (κ3) is 7.26. The highest BCUT2D eigenvalue weighted by atomic mass is 35.5. The molecule has 4 saturated carbocycles. The van der Waals surface area contributed by atoms with Crippen LogP contribution in [0.15, 0.2) is 73.6 Å². The van der Waals surface area contributed by atoms with Gasteiger partial charge >= 0.3 is 0 Å². The molecule has 0 unspecified atom stereocenters. The van der Waals surface area contributed by atoms with Crippen LogP contribution in [0.2, 0.25) is 5.15 Å². The Balaban J connectivity index is 0.000000124. The molecule has 6 fully saturated rings. The van der Waals surface area contributed by atoms with Crippen LogP contribution in [0, 0.1) is 45.3 Å². The van der Waals surface area contributed by atoms with Crippen molar-refractivity contribution in [1.82, 2.24) is 39.9 Å². The van der Waals surface area contributed by atoms with Gasteiger partial charge in [-0.2, -0.15) is 20.7 Å². The zero-order valence-electron chi connectivity index (χ0n) is 36.3. The second-order valence-corrected chi connectivity index (χ2v) is 20.4. The van der Waals surface area contributed by atoms with Gasteiger partial charge in [0, 0.05) is 60.9 Å². The van der Waals surface area contributed by atoms with Gasteiger partial charge in [-0.3, -0.25) is 5.10 Å². The molecule has 4 atom stereocenters. The highest BCUT2D eigenvalue weighted by Gasteiger charge is 2.76. The van der Waals surface area contributed by atoms with E-state index in [2.05, 4.69) is 93.6 Å². The predicted molar refractivity (Wildman–Crippen MR) is 240 cm³/mol. The Kier molecular flexibility index (Phi) is 9.64. The maximum atomic E-state index is 10.4. The molecule has 6 heterocycles. The van der Waals surface area contributed by atoms with Crippen LogP contribution >= 0.6 is 11.6 Å². The highest BCUT2D eigenvalue weighted by molar-refractivity contribution is 6.29. The molecule has 2 spiro atoms. The van der Waals surface area contributed by atoms with Crippen molar-refractivity contribution in [1.29, 1.82) is 10.5 Å². The van der Waals surface area contributed by atoms with Crippen LogP contribution < -0.4 is 9.80 Å². The Morgan fingerprint density at radius 2 is 1.24 bits per heavy atom. The maximum absolute atomic E-state index is 10.4. The molecule has 2 aromatic carbocycles. The minimum absolute atomic E-state index is 0.188. The van der Waals surface area contributed by atoms with Gasteiger partial charge in [0.25, 0.3) is 0 Å². The molecule has 14 nitrogen and oxygen atoms in total. The third-order valence-corrected chi connectivity index (χ3v) is 15.6. The lowest BCUT2D eigenvalue weighted by Crippen LogP contribution is -2.33. The molecule has 0 bridgehead atoms. The maximum Gasteiger partial charge on any atom is 0.159 e. The van der Waals surface area contributed by atoms with Gasteiger partial charge in [0.2, 0.25) is 0 Å². The van der Waals surface area contributed by atoms with Gasteiger partial charge in [-0.05, 0) is 113 Å². The Hall–Kier alpha value is -5.67. The van der Waals surface area contributed by atoms with Crippen molar-refractivity contribution in [2.45, 2.75) is 101 Å². The summed E-state index contributed by atoms with van der Waals surface area (Å²) in [7, 11) is 0. The summed E-state index contributed by atoms with van der Waals surface area (Å²) in [6, 6.07) is 21.4. The van der Waals surface area contributed by atoms with Gasteiger partial charge in [-0.1, -0.05) is 35.9 Å². The smallest absolute Gasteiger partial charge is 0.159 e. The number of benzene rings is 2. The lowest BCUT2D eigenvalue weighted by Gasteiger charge is -2.25. The van der Waals surface area contributed by atoms with E-state index >= 15 is 0 Å². The summed E-state index contributed by atoms with van der Waals surface area (Å²) in [5.41, 5.74) is 3.01. The number of nitriles is 2. The molecule has 4 aliphatic carbocycles. The predicted octanol–water partition coefficient (Wildman–Crippen LogP) is 7.59. The quantitative estimate of drug-likeness (QED) is 0.133. The topological polar surface area (TPSA) is 193 Å². The first-order chi connectivity index (χ1) is 30.1. The largest absolute Gasteiger partial charge is 0.390 e. The lowest BCUT2D eigenvalue weighted by atomic mass is 9.90. The molecular weight excluding hydrogens is 812 g/mol. The van der Waals surface area contributed by atoms with E-state index in [1.165, 1.54) is 24.7 Å². The van der Waals surface area contributed by atoms with Gasteiger partial charge < -0.3 is 20.0 Å². The second kappa shape index (κ2) is 14.7. The first kappa shape index (κ1) is 41.3. The van der Waals surface area contributed by atoms with E-state index in [1.807, 2.05) is 50.8 Å². The van der Waals surface area contributed by atoms with Gasteiger partial charge in [0.1, 0.15) is 29.4 Å². The van der Waals surface area contributed by atoms with Gasteiger partial charge in [0.15, 0.2) is 5.82 Å². The molecule has 12 rings (SSSR count). The van der Waals surface area contributed by atoms with E-state index in [9.17, 15) is 20.7 Å². The molecule has 6 aromatic rings. The average molecular weight is 865 g/mol. The monoisotopic (exact) mass is 864 g/mol. The molecule has 63 heavy (non-hydrogen) atoms. The molecule has 0 radical (unpaired) electrons. The number of aromatic amines is 1. The van der Waals surface area contributed by atoms with Gasteiger partial charge in [-0.25, -0.2) is 24.6 Å². The molecule has 2 saturated heterocycles. The lowest BCUT2D eigenvalue weighted by molar-refractivity contribution is 0.0258. The van der Waals surface area contributed by atoms with Crippen LogP contribution in [-0.4, -0.2) is 87.5 Å². The number of nitrogens with zero attached hydrogens (tertiary/aromatic N) is 11. The Morgan fingerprint density at radius 1 is 0.698 bits per heavy atom. The fraction of sp³-hybridized carbons (Fsp3) is 0.500. The van der Waals surface area contributed by atoms with Gasteiger partial charge in [0.05, 0.1) is 57.6 Å². The fourth-order valence-corrected chi connectivity index (χ4v) is 10.7. The number of rotatable bonds is 7. The second-order valence-electron chi connectivity index (χ2n) is 20.1. The number of hydrogen-bond donors (Lipinski definition) is 3. The van der Waals surface area contributed by atoms with Crippen molar-refractivity contribution in [3.05, 3.63) is 89.9 Å². The molecular formula is C48H53ClN12O2. The van der Waals surface area contributed by atoms with E-state index in [-0.39, 0.29) is 28.1 Å². The zero-order valence-corrected chi connectivity index (χ0v) is 37.0. The summed E-state index contributed by atoms with van der Waals surface area (Å²) in [6.07, 6.45) is 15.4. The van der Waals surface area contributed by atoms with Crippen molar-refractivity contribution in [3.63, 3.8) is 0 Å². The summed E-state index contributed by atoms with van der Waals surface area (Å²) >= 11 is 5.82. The molecule has 4 aromatic heterocycles. The summed E-state index contributed by atoms with van der Waals surface area (Å²) in [4.78, 5) is 21.4. The normalized spacial score (nSPS) is 25.9. The summed E-state index contributed by atoms with van der Waals surface area (Å²) in [5, 5.41) is 53.8. The van der Waals surface area contributed by atoms with Crippen LogP contribution in [0.3, 0.4) is 0 Å². The standard InChI is InChI=1S/C24H26N6O.C13H11N3.C11H16ClN3O/c1-22(2,31)18-5-8-29(12-18)20-10-21(27-15-26-20)30-19-9-17(4-3-16(19)11-28-30)24(14-25)13-23(24)6-7-23;14-8-13(7-12(13)3-4-12)10-2-1-9-6-15-16-11(9)5-10;1-11(2,16)8-3-4-15(6-8)10-5-9(12)13-7-14-10/h3-4,9-11,15,18,31H,5-8,12-13H2,1-2H3;1-2,5-6H,3-4,7H2,(H,15,16);5,7-8,16H,3-4,6H2,1-2H3/t18-,24-;13-;8-/m111/s1. The molecule has 2 aliphatic heterocycles. The first-order valence-corrected chi connectivity index (χ1v) is 22.5. The minimum atomic E-state index is -0.697. The van der Waals surface area contributed by atoms with Crippen LogP contribution in [0.1, 0.15) is 90.2 Å². The Labute approximate surface area is 372 Å². The number of aromatic nitrogens is 8. The minimum Gasteiger partial charge on any atom is -0.390 e. The van der Waals surface area contributed by atoms with E-state index in [0.717, 1.165) is 104 Å². The zero-order chi connectivity index (χ0) is 44.0. The van der Waals surface area contributed by atoms with E-state index in [1.54, 1.807) is 12.4 Å². The molecule has 0 amide bonds. The summed E-state index contributed by atoms with van der Waals surface area (Å²) < 4.78 is 1.85. The van der Waals surface area contributed by atoms with Crippen LogP contribution in [0.5, 0.6) is 0 Å². The molecule has 3 N–H and O–H groups in total. The van der Waals surface area contributed by atoms with Gasteiger partial charge in [-0.15, -0.1) is 0 Å². The van der Waals surface area contributed by atoms with Crippen molar-refractivity contribution >= 4 is 45.0 Å². The van der Waals surface area contributed by atoms with Crippen molar-refractivity contribution in [2.24, 2.45) is 22.7 Å². The molecule has 15 heteroatoms. The van der Waals surface area contributed by atoms with E-state index < -0.39 is 11.2 Å². The number of halogens is 1. The Bertz CT molecular complexity index is 2800. The van der Waals surface area contributed by atoms with Crippen molar-refractivity contribution in [3.8, 4) is 18.0 Å². The first-order valence-electron chi connectivity index (χ1n) is 22.1. The molecule has 6 aliphatic rings. The fourth-order valence-electron chi connectivity index (χ4n) is 10.6. The van der Waals surface area contributed by atoms with E-state index in [0.29, 0.717) is 16.4 Å². The molecule has 324 valence electrons. The number of fused-ring (bicyclic) bond motifs is 2. The number of anilines is 2. The Morgan fingerprint density at radius 3 is 1.76 bits per heavy atom. The van der Waals surface area contributed by atoms with Crippen LogP contribution in [-0.2, 0) is 10.8 Å². The van der Waals surface area contributed by atoms with Crippen LogP contribution in [0.4, 0.5) is 11.6 Å².